The second kappa shape index (κ2) is 6.22. The Morgan fingerprint density at radius 3 is 2.37 bits per heavy atom. The van der Waals surface area contributed by atoms with Crippen molar-refractivity contribution in [1.29, 1.82) is 0 Å². The Kier molecular flexibility index (Phi) is 4.21. The van der Waals surface area contributed by atoms with Crippen LogP contribution in [-0.4, -0.2) is 23.4 Å². The van der Waals surface area contributed by atoms with Crippen LogP contribution in [0.1, 0.15) is 61.5 Å². The van der Waals surface area contributed by atoms with Crippen molar-refractivity contribution in [3.8, 4) is 11.1 Å². The normalized spacial score (nSPS) is 26.3. The van der Waals surface area contributed by atoms with E-state index in [1.807, 2.05) is 6.07 Å². The fourth-order valence-corrected chi connectivity index (χ4v) is 5.84. The number of benzene rings is 2. The lowest BCUT2D eigenvalue weighted by Crippen LogP contribution is -2.37. The summed E-state index contributed by atoms with van der Waals surface area (Å²) in [7, 11) is 0. The number of amides is 1. The first-order valence-corrected chi connectivity index (χ1v) is 10.2. The number of fused-ring (bicyclic) bond motifs is 2. The molecule has 2 aromatic rings. The number of carbonyl (C=O) groups is 1. The zero-order chi connectivity index (χ0) is 19.4. The van der Waals surface area contributed by atoms with Gasteiger partial charge >= 0.3 is 0 Å². The molecule has 0 unspecified atom stereocenters. The van der Waals surface area contributed by atoms with E-state index in [-0.39, 0.29) is 11.3 Å². The van der Waals surface area contributed by atoms with Crippen LogP contribution >= 0.6 is 0 Å². The van der Waals surface area contributed by atoms with Crippen LogP contribution in [-0.2, 0) is 0 Å². The molecule has 1 aliphatic heterocycles. The van der Waals surface area contributed by atoms with Gasteiger partial charge < -0.3 is 4.90 Å². The van der Waals surface area contributed by atoms with Gasteiger partial charge in [-0.25, -0.2) is 0 Å². The van der Waals surface area contributed by atoms with Crippen LogP contribution in [0.3, 0.4) is 0 Å². The predicted octanol–water partition coefficient (Wildman–Crippen LogP) is 6.01. The molecular weight excluding hydrogens is 330 g/mol. The number of likely N-dealkylation sites (tertiary alicyclic amines) is 1. The van der Waals surface area contributed by atoms with E-state index in [4.69, 9.17) is 0 Å². The first kappa shape index (κ1) is 18.3. The molecule has 2 atom stereocenters. The Morgan fingerprint density at radius 2 is 1.67 bits per heavy atom. The number of hydrogen-bond acceptors (Lipinski definition) is 1. The molecule has 142 valence electrons. The molecule has 2 bridgehead atoms. The van der Waals surface area contributed by atoms with Gasteiger partial charge in [0.25, 0.3) is 5.91 Å². The predicted molar refractivity (Wildman–Crippen MR) is 112 cm³/mol. The summed E-state index contributed by atoms with van der Waals surface area (Å²) >= 11 is 0. The average Bonchev–Trinajstić information content (AvgIpc) is 2.84. The van der Waals surface area contributed by atoms with Crippen LogP contribution in [0, 0.1) is 24.7 Å². The molecule has 2 nitrogen and oxygen atoms in total. The topological polar surface area (TPSA) is 20.3 Å². The van der Waals surface area contributed by atoms with E-state index in [0.717, 1.165) is 24.9 Å². The molecule has 2 aliphatic rings. The average molecular weight is 362 g/mol. The smallest absolute Gasteiger partial charge is 0.254 e. The van der Waals surface area contributed by atoms with Crippen molar-refractivity contribution in [3.05, 3.63) is 59.2 Å². The summed E-state index contributed by atoms with van der Waals surface area (Å²) in [5, 5.41) is 0. The van der Waals surface area contributed by atoms with Gasteiger partial charge in [-0.1, -0.05) is 51.1 Å². The van der Waals surface area contributed by atoms with Gasteiger partial charge in [-0.3, -0.25) is 4.79 Å². The summed E-state index contributed by atoms with van der Waals surface area (Å²) in [6, 6.07) is 15.1. The molecule has 2 fully saturated rings. The number of hydrogen-bond donors (Lipinski definition) is 0. The molecule has 0 radical (unpaired) electrons. The van der Waals surface area contributed by atoms with E-state index in [0.29, 0.717) is 11.5 Å². The number of nitrogens with zero attached hydrogens (tertiary/aromatic N) is 1. The number of rotatable bonds is 2. The number of aryl methyl sites for hydroxylation is 2. The molecule has 0 N–H and O–H groups in total. The molecule has 0 aromatic heterocycles. The quantitative estimate of drug-likeness (QED) is 0.641. The third-order valence-electron chi connectivity index (χ3n) is 6.58. The largest absolute Gasteiger partial charge is 0.335 e. The van der Waals surface area contributed by atoms with E-state index in [2.05, 4.69) is 75.9 Å². The van der Waals surface area contributed by atoms with Gasteiger partial charge in [0, 0.05) is 18.2 Å². The summed E-state index contributed by atoms with van der Waals surface area (Å²) in [5.41, 5.74) is 6.35. The highest BCUT2D eigenvalue weighted by molar-refractivity contribution is 5.95. The highest BCUT2D eigenvalue weighted by Gasteiger charge is 2.51. The van der Waals surface area contributed by atoms with Crippen molar-refractivity contribution in [2.45, 2.75) is 59.9 Å². The van der Waals surface area contributed by atoms with Crippen molar-refractivity contribution in [3.63, 3.8) is 0 Å². The molecule has 2 heteroatoms. The van der Waals surface area contributed by atoms with Crippen LogP contribution in [0.2, 0.25) is 0 Å². The first-order chi connectivity index (χ1) is 12.7. The fraction of sp³-hybridized carbons (Fsp3) is 0.480. The van der Waals surface area contributed by atoms with Gasteiger partial charge in [-0.2, -0.15) is 0 Å². The molecule has 27 heavy (non-hydrogen) atoms. The van der Waals surface area contributed by atoms with Gasteiger partial charge in [0.05, 0.1) is 0 Å². The Bertz CT molecular complexity index is 897. The van der Waals surface area contributed by atoms with Crippen LogP contribution < -0.4 is 0 Å². The second-order valence-corrected chi connectivity index (χ2v) is 9.99. The Labute approximate surface area is 163 Å². The van der Waals surface area contributed by atoms with Crippen LogP contribution in [0.25, 0.3) is 11.1 Å². The third-order valence-corrected chi connectivity index (χ3v) is 6.58. The van der Waals surface area contributed by atoms with Crippen LogP contribution in [0.5, 0.6) is 0 Å². The summed E-state index contributed by atoms with van der Waals surface area (Å²) in [6.07, 6.45) is 3.49. The van der Waals surface area contributed by atoms with Crippen molar-refractivity contribution < 1.29 is 4.79 Å². The maximum atomic E-state index is 13.3. The monoisotopic (exact) mass is 361 g/mol. The lowest BCUT2D eigenvalue weighted by molar-refractivity contribution is 0.0708. The van der Waals surface area contributed by atoms with Crippen molar-refractivity contribution in [2.75, 3.05) is 6.54 Å². The lowest BCUT2D eigenvalue weighted by Gasteiger charge is -2.39. The highest BCUT2D eigenvalue weighted by Crippen LogP contribution is 2.52. The molecule has 4 rings (SSSR count). The SMILES string of the molecule is Cc1ccccc1-c1ccc(C(=O)N2C[C@]3(C)C[C@H]2CC(C)(C)C3)cc1C. The zero-order valence-electron chi connectivity index (χ0n) is 17.3. The second-order valence-electron chi connectivity index (χ2n) is 9.99. The van der Waals surface area contributed by atoms with Crippen LogP contribution in [0.4, 0.5) is 0 Å². The molecule has 1 saturated carbocycles. The van der Waals surface area contributed by atoms with Crippen molar-refractivity contribution >= 4 is 5.91 Å². The summed E-state index contributed by atoms with van der Waals surface area (Å²) in [4.78, 5) is 15.5. The molecular formula is C25H31NO. The minimum atomic E-state index is 0.209. The molecule has 2 aromatic carbocycles. The van der Waals surface area contributed by atoms with E-state index in [9.17, 15) is 4.79 Å². The highest BCUT2D eigenvalue weighted by atomic mass is 16.2. The van der Waals surface area contributed by atoms with Gasteiger partial charge in [0.2, 0.25) is 0 Å². The van der Waals surface area contributed by atoms with Gasteiger partial charge in [-0.15, -0.1) is 0 Å². The lowest BCUT2D eigenvalue weighted by atomic mass is 9.65. The Hall–Kier alpha value is -2.09. The van der Waals surface area contributed by atoms with Crippen molar-refractivity contribution in [1.82, 2.24) is 4.90 Å². The molecule has 1 amide bonds. The van der Waals surface area contributed by atoms with Gasteiger partial charge in [0.1, 0.15) is 0 Å². The van der Waals surface area contributed by atoms with Gasteiger partial charge in [-0.05, 0) is 78.3 Å². The fourth-order valence-electron chi connectivity index (χ4n) is 5.84. The minimum Gasteiger partial charge on any atom is -0.335 e. The van der Waals surface area contributed by atoms with E-state index < -0.39 is 0 Å². The van der Waals surface area contributed by atoms with E-state index in [1.165, 1.54) is 28.7 Å². The molecule has 0 spiro atoms. The standard InChI is InChI=1S/C25H31NO/c1-17-8-6-7-9-21(17)22-11-10-19(12-18(22)2)23(27)26-16-25(5)14-20(26)13-24(3,4)15-25/h6-12,20H,13-16H2,1-5H3/t20-,25-/m1/s1. The molecule has 1 saturated heterocycles. The van der Waals surface area contributed by atoms with Crippen LogP contribution in [0.15, 0.2) is 42.5 Å². The zero-order valence-corrected chi connectivity index (χ0v) is 17.3. The maximum Gasteiger partial charge on any atom is 0.254 e. The summed E-state index contributed by atoms with van der Waals surface area (Å²) < 4.78 is 0. The Balaban J connectivity index is 1.62. The molecule has 1 aliphatic carbocycles. The van der Waals surface area contributed by atoms with E-state index >= 15 is 0 Å². The van der Waals surface area contributed by atoms with E-state index in [1.54, 1.807) is 0 Å². The maximum absolute atomic E-state index is 13.3. The Morgan fingerprint density at radius 1 is 0.963 bits per heavy atom. The summed E-state index contributed by atoms with van der Waals surface area (Å²) in [5.74, 6) is 0.209. The summed E-state index contributed by atoms with van der Waals surface area (Å²) in [6.45, 7) is 12.2. The first-order valence-electron chi connectivity index (χ1n) is 10.2. The minimum absolute atomic E-state index is 0.209. The van der Waals surface area contributed by atoms with Gasteiger partial charge in [0.15, 0.2) is 0 Å². The third kappa shape index (κ3) is 3.31. The van der Waals surface area contributed by atoms with Crippen molar-refractivity contribution in [2.24, 2.45) is 10.8 Å². The number of carbonyl (C=O) groups excluding carboxylic acids is 1. The molecule has 1 heterocycles.